The standard InChI is InChI=1S/C24H19NO/c1-14-7-15(2)9-19(8-14)22-13-20-11-18(16-3-4-21(26)12-16)10-17-5-6-25-24(22)23(17)20/h5-13H,3-4H2,1-2H3. The van der Waals surface area contributed by atoms with Crippen molar-refractivity contribution >= 4 is 33.8 Å². The second-order valence-electron chi connectivity index (χ2n) is 7.39. The van der Waals surface area contributed by atoms with Gasteiger partial charge in [0, 0.05) is 23.6 Å². The number of pyridine rings is 1. The van der Waals surface area contributed by atoms with Gasteiger partial charge in [-0.25, -0.2) is 0 Å². The van der Waals surface area contributed by atoms with Crippen LogP contribution in [0.4, 0.5) is 0 Å². The summed E-state index contributed by atoms with van der Waals surface area (Å²) in [4.78, 5) is 16.4. The molecular formula is C24H19NO. The van der Waals surface area contributed by atoms with Gasteiger partial charge in [-0.05, 0) is 78.3 Å². The lowest BCUT2D eigenvalue weighted by molar-refractivity contribution is -0.114. The first-order valence-corrected chi connectivity index (χ1v) is 9.06. The molecule has 2 aliphatic rings. The normalized spacial score (nSPS) is 15.5. The Labute approximate surface area is 152 Å². The molecule has 2 heteroatoms. The number of allylic oxidation sites excluding steroid dienone is 2. The monoisotopic (exact) mass is 337 g/mol. The lowest BCUT2D eigenvalue weighted by atomic mass is 9.97. The lowest BCUT2D eigenvalue weighted by Crippen LogP contribution is -1.92. The van der Waals surface area contributed by atoms with E-state index in [4.69, 9.17) is 4.98 Å². The molecule has 0 bridgehead atoms. The Kier molecular flexibility index (Phi) is 3.23. The highest BCUT2D eigenvalue weighted by Crippen LogP contribution is 2.41. The third kappa shape index (κ3) is 2.33. The SMILES string of the molecule is Cc1cc(C)cc(C2=Cc3cc(C4=CC(=O)CC4)cc4ccnc2c34)c1. The Morgan fingerprint density at radius 2 is 1.69 bits per heavy atom. The van der Waals surface area contributed by atoms with E-state index >= 15 is 0 Å². The van der Waals surface area contributed by atoms with Crippen molar-refractivity contribution in [3.8, 4) is 0 Å². The summed E-state index contributed by atoms with van der Waals surface area (Å²) in [7, 11) is 0. The average molecular weight is 337 g/mol. The largest absolute Gasteiger partial charge is 0.295 e. The number of nitrogens with zero attached hydrogens (tertiary/aromatic N) is 1. The first kappa shape index (κ1) is 15.3. The number of benzene rings is 2. The summed E-state index contributed by atoms with van der Waals surface area (Å²) in [6.45, 7) is 4.27. The molecule has 0 fully saturated rings. The van der Waals surface area contributed by atoms with E-state index in [2.05, 4.69) is 56.3 Å². The minimum Gasteiger partial charge on any atom is -0.295 e. The van der Waals surface area contributed by atoms with Crippen molar-refractivity contribution in [3.63, 3.8) is 0 Å². The third-order valence-electron chi connectivity index (χ3n) is 5.33. The van der Waals surface area contributed by atoms with Crippen LogP contribution in [-0.2, 0) is 4.79 Å². The topological polar surface area (TPSA) is 30.0 Å². The van der Waals surface area contributed by atoms with Gasteiger partial charge in [0.05, 0.1) is 5.69 Å². The van der Waals surface area contributed by atoms with E-state index in [0.717, 1.165) is 23.3 Å². The summed E-state index contributed by atoms with van der Waals surface area (Å²) in [5, 5.41) is 2.41. The van der Waals surface area contributed by atoms with Crippen LogP contribution >= 0.6 is 0 Å². The fourth-order valence-corrected chi connectivity index (χ4v) is 4.25. The van der Waals surface area contributed by atoms with Crippen LogP contribution in [0, 0.1) is 13.8 Å². The number of rotatable bonds is 2. The molecule has 1 aromatic heterocycles. The maximum absolute atomic E-state index is 11.7. The van der Waals surface area contributed by atoms with Gasteiger partial charge < -0.3 is 0 Å². The molecule has 0 radical (unpaired) electrons. The minimum absolute atomic E-state index is 0.235. The van der Waals surface area contributed by atoms with Gasteiger partial charge in [0.15, 0.2) is 5.78 Å². The van der Waals surface area contributed by atoms with Crippen molar-refractivity contribution < 1.29 is 4.79 Å². The van der Waals surface area contributed by atoms with E-state index in [9.17, 15) is 4.79 Å². The van der Waals surface area contributed by atoms with Gasteiger partial charge in [-0.3, -0.25) is 9.78 Å². The molecule has 0 saturated carbocycles. The zero-order valence-electron chi connectivity index (χ0n) is 15.0. The molecular weight excluding hydrogens is 318 g/mol. The van der Waals surface area contributed by atoms with Crippen LogP contribution in [0.3, 0.4) is 0 Å². The molecule has 126 valence electrons. The molecule has 0 N–H and O–H groups in total. The summed E-state index contributed by atoms with van der Waals surface area (Å²) in [6, 6.07) is 13.1. The molecule has 2 nitrogen and oxygen atoms in total. The summed E-state index contributed by atoms with van der Waals surface area (Å²) >= 11 is 0. The fraction of sp³-hybridized carbons (Fsp3) is 0.167. The van der Waals surface area contributed by atoms with Gasteiger partial charge in [0.1, 0.15) is 0 Å². The number of aryl methyl sites for hydroxylation is 2. The molecule has 26 heavy (non-hydrogen) atoms. The predicted molar refractivity (Wildman–Crippen MR) is 107 cm³/mol. The molecule has 0 amide bonds. The number of ketones is 1. The van der Waals surface area contributed by atoms with Gasteiger partial charge in [0.2, 0.25) is 0 Å². The van der Waals surface area contributed by atoms with Crippen LogP contribution in [0.2, 0.25) is 0 Å². The van der Waals surface area contributed by atoms with Crippen molar-refractivity contribution in [2.75, 3.05) is 0 Å². The summed E-state index contributed by atoms with van der Waals surface area (Å²) < 4.78 is 0. The van der Waals surface area contributed by atoms with Crippen molar-refractivity contribution in [1.29, 1.82) is 0 Å². The molecule has 5 rings (SSSR count). The summed E-state index contributed by atoms with van der Waals surface area (Å²) in [5.74, 6) is 0.235. The second-order valence-corrected chi connectivity index (χ2v) is 7.39. The molecule has 0 unspecified atom stereocenters. The minimum atomic E-state index is 0.235. The fourth-order valence-electron chi connectivity index (χ4n) is 4.25. The molecule has 2 aromatic carbocycles. The van der Waals surface area contributed by atoms with E-state index < -0.39 is 0 Å². The number of aromatic nitrogens is 1. The Bertz CT molecular complexity index is 1140. The number of hydrogen-bond donors (Lipinski definition) is 0. The van der Waals surface area contributed by atoms with Crippen LogP contribution in [0.15, 0.2) is 48.7 Å². The van der Waals surface area contributed by atoms with E-state index in [-0.39, 0.29) is 5.78 Å². The van der Waals surface area contributed by atoms with Gasteiger partial charge in [0.25, 0.3) is 0 Å². The van der Waals surface area contributed by atoms with E-state index in [1.165, 1.54) is 38.6 Å². The van der Waals surface area contributed by atoms with Crippen LogP contribution in [-0.4, -0.2) is 10.8 Å². The van der Waals surface area contributed by atoms with Crippen molar-refractivity contribution in [3.05, 3.63) is 82.2 Å². The number of carbonyl (C=O) groups is 1. The Hall–Kier alpha value is -3.00. The zero-order valence-corrected chi connectivity index (χ0v) is 15.0. The van der Waals surface area contributed by atoms with E-state index in [1.807, 2.05) is 6.20 Å². The Morgan fingerprint density at radius 3 is 2.42 bits per heavy atom. The lowest BCUT2D eigenvalue weighted by Gasteiger charge is -2.09. The molecule has 3 aromatic rings. The highest BCUT2D eigenvalue weighted by atomic mass is 16.1. The molecule has 0 spiro atoms. The van der Waals surface area contributed by atoms with Gasteiger partial charge in [-0.1, -0.05) is 29.3 Å². The summed E-state index contributed by atoms with van der Waals surface area (Å²) in [6.07, 6.45) is 7.42. The molecule has 0 aliphatic heterocycles. The first-order chi connectivity index (χ1) is 12.6. The van der Waals surface area contributed by atoms with Gasteiger partial charge >= 0.3 is 0 Å². The number of hydrogen-bond acceptors (Lipinski definition) is 2. The van der Waals surface area contributed by atoms with E-state index in [1.54, 1.807) is 6.08 Å². The Balaban J connectivity index is 1.72. The number of carbonyl (C=O) groups excluding carboxylic acids is 1. The van der Waals surface area contributed by atoms with Gasteiger partial charge in [-0.2, -0.15) is 0 Å². The molecule has 0 atom stereocenters. The van der Waals surface area contributed by atoms with Crippen molar-refractivity contribution in [1.82, 2.24) is 4.98 Å². The van der Waals surface area contributed by atoms with E-state index in [0.29, 0.717) is 6.42 Å². The smallest absolute Gasteiger partial charge is 0.156 e. The van der Waals surface area contributed by atoms with Crippen LogP contribution in [0.1, 0.15) is 46.4 Å². The molecule has 0 saturated heterocycles. The Morgan fingerprint density at radius 1 is 0.885 bits per heavy atom. The maximum atomic E-state index is 11.7. The van der Waals surface area contributed by atoms with Crippen molar-refractivity contribution in [2.45, 2.75) is 26.7 Å². The quantitative estimate of drug-likeness (QED) is 0.483. The molecule has 1 heterocycles. The zero-order chi connectivity index (χ0) is 17.8. The molecule has 2 aliphatic carbocycles. The highest BCUT2D eigenvalue weighted by Gasteiger charge is 2.22. The van der Waals surface area contributed by atoms with Crippen LogP contribution in [0.25, 0.3) is 28.0 Å². The van der Waals surface area contributed by atoms with Crippen LogP contribution in [0.5, 0.6) is 0 Å². The first-order valence-electron chi connectivity index (χ1n) is 9.06. The maximum Gasteiger partial charge on any atom is 0.156 e. The van der Waals surface area contributed by atoms with Crippen LogP contribution < -0.4 is 0 Å². The average Bonchev–Trinajstić information content (AvgIpc) is 3.19. The summed E-state index contributed by atoms with van der Waals surface area (Å²) in [5.41, 5.74) is 9.51. The predicted octanol–water partition coefficient (Wildman–Crippen LogP) is 5.50. The highest BCUT2D eigenvalue weighted by molar-refractivity contribution is 6.13. The third-order valence-corrected chi connectivity index (χ3v) is 5.33. The van der Waals surface area contributed by atoms with Crippen molar-refractivity contribution in [2.24, 2.45) is 0 Å². The van der Waals surface area contributed by atoms with Gasteiger partial charge in [-0.15, -0.1) is 0 Å². The second kappa shape index (κ2) is 5.50.